The molecule has 1 aliphatic heterocycles. The van der Waals surface area contributed by atoms with Gasteiger partial charge < -0.3 is 19.9 Å². The van der Waals surface area contributed by atoms with E-state index in [-0.39, 0.29) is 0 Å². The predicted octanol–water partition coefficient (Wildman–Crippen LogP) is 2.46. The van der Waals surface area contributed by atoms with Gasteiger partial charge in [0.15, 0.2) is 11.6 Å². The lowest BCUT2D eigenvalue weighted by atomic mass is 10.2. The number of fused-ring (bicyclic) bond motifs is 1. The number of methoxy groups -OCH3 is 1. The summed E-state index contributed by atoms with van der Waals surface area (Å²) < 4.78 is 7.58. The lowest BCUT2D eigenvalue weighted by molar-refractivity contribution is 0.367. The Morgan fingerprint density at radius 3 is 2.68 bits per heavy atom. The molecule has 1 aromatic carbocycles. The number of ether oxygens (including phenoxy) is 1. The zero-order valence-electron chi connectivity index (χ0n) is 18.4. The summed E-state index contributed by atoms with van der Waals surface area (Å²) in [5, 5.41) is 12.0. The maximum atomic E-state index is 5.53. The third kappa shape index (κ3) is 4.90. The molecule has 3 heterocycles. The molecule has 0 atom stereocenters. The Morgan fingerprint density at radius 2 is 1.87 bits per heavy atom. The van der Waals surface area contributed by atoms with Crippen molar-refractivity contribution in [3.05, 3.63) is 54.5 Å². The Kier molecular flexibility index (Phi) is 6.86. The molecule has 0 bridgehead atoms. The Hall–Kier alpha value is -3.29. The summed E-state index contributed by atoms with van der Waals surface area (Å²) in [4.78, 5) is 9.61. The first-order chi connectivity index (χ1) is 15.3. The standard InChI is InChI=1S/C23H31N7O/c1-3-24-23(25-13-8-12-22-27-26-21-11-6-7-14-30(21)22)29-17-15-28(16-18-29)19-9-4-5-10-20(19)31-2/h4-7,9-11,14H,3,8,12-13,15-18H2,1-2H3,(H,24,25). The van der Waals surface area contributed by atoms with E-state index in [1.54, 1.807) is 7.11 Å². The van der Waals surface area contributed by atoms with Crippen LogP contribution in [0.25, 0.3) is 5.65 Å². The second-order valence-electron chi connectivity index (χ2n) is 7.53. The summed E-state index contributed by atoms with van der Waals surface area (Å²) in [6.45, 7) is 7.48. The molecule has 3 aromatic rings. The molecule has 1 N–H and O–H groups in total. The number of piperazine rings is 1. The summed E-state index contributed by atoms with van der Waals surface area (Å²) in [5.74, 6) is 2.91. The van der Waals surface area contributed by atoms with Crippen LogP contribution in [0.3, 0.4) is 0 Å². The van der Waals surface area contributed by atoms with Crippen molar-refractivity contribution in [3.8, 4) is 5.75 Å². The lowest BCUT2D eigenvalue weighted by Crippen LogP contribution is -2.52. The van der Waals surface area contributed by atoms with Gasteiger partial charge in [0.25, 0.3) is 0 Å². The molecule has 0 spiro atoms. The molecular formula is C23H31N7O. The van der Waals surface area contributed by atoms with Crippen LogP contribution >= 0.6 is 0 Å². The smallest absolute Gasteiger partial charge is 0.194 e. The van der Waals surface area contributed by atoms with E-state index in [1.807, 2.05) is 40.9 Å². The number of hydrogen-bond donors (Lipinski definition) is 1. The number of anilines is 1. The monoisotopic (exact) mass is 421 g/mol. The first kappa shape index (κ1) is 21.0. The minimum absolute atomic E-state index is 0.761. The summed E-state index contributed by atoms with van der Waals surface area (Å²) in [7, 11) is 1.73. The van der Waals surface area contributed by atoms with Crippen LogP contribution in [0.1, 0.15) is 19.2 Å². The van der Waals surface area contributed by atoms with Crippen molar-refractivity contribution >= 4 is 17.3 Å². The lowest BCUT2D eigenvalue weighted by Gasteiger charge is -2.38. The average Bonchev–Trinajstić information content (AvgIpc) is 3.24. The van der Waals surface area contributed by atoms with Crippen molar-refractivity contribution in [2.24, 2.45) is 4.99 Å². The molecule has 164 valence electrons. The molecular weight excluding hydrogens is 390 g/mol. The van der Waals surface area contributed by atoms with Crippen LogP contribution in [0.15, 0.2) is 53.7 Å². The number of para-hydroxylation sites is 2. The van der Waals surface area contributed by atoms with E-state index >= 15 is 0 Å². The van der Waals surface area contributed by atoms with E-state index in [1.165, 1.54) is 0 Å². The van der Waals surface area contributed by atoms with E-state index in [2.05, 4.69) is 44.4 Å². The molecule has 1 fully saturated rings. The van der Waals surface area contributed by atoms with Crippen molar-refractivity contribution in [1.29, 1.82) is 0 Å². The number of aliphatic imine (C=N–C) groups is 1. The van der Waals surface area contributed by atoms with Gasteiger partial charge in [-0.2, -0.15) is 0 Å². The van der Waals surface area contributed by atoms with Gasteiger partial charge in [0.05, 0.1) is 12.8 Å². The zero-order chi connectivity index (χ0) is 21.5. The molecule has 0 unspecified atom stereocenters. The molecule has 0 aliphatic carbocycles. The molecule has 4 rings (SSSR count). The van der Waals surface area contributed by atoms with Gasteiger partial charge in [0.2, 0.25) is 0 Å². The molecule has 0 saturated carbocycles. The SMILES string of the molecule is CCNC(=NCCCc1nnc2ccccn12)N1CCN(c2ccccc2OC)CC1. The van der Waals surface area contributed by atoms with Crippen molar-refractivity contribution in [2.45, 2.75) is 19.8 Å². The largest absolute Gasteiger partial charge is 0.495 e. The van der Waals surface area contributed by atoms with Gasteiger partial charge in [0.1, 0.15) is 11.6 Å². The molecule has 1 aliphatic rings. The molecule has 8 heteroatoms. The molecule has 1 saturated heterocycles. The van der Waals surface area contributed by atoms with Gasteiger partial charge in [-0.05, 0) is 37.6 Å². The maximum absolute atomic E-state index is 5.53. The highest BCUT2D eigenvalue weighted by Gasteiger charge is 2.21. The Balaban J connectivity index is 1.33. The number of nitrogens with one attached hydrogen (secondary N) is 1. The van der Waals surface area contributed by atoms with E-state index in [4.69, 9.17) is 9.73 Å². The van der Waals surface area contributed by atoms with Crippen LogP contribution in [-0.2, 0) is 6.42 Å². The number of guanidine groups is 1. The van der Waals surface area contributed by atoms with E-state index < -0.39 is 0 Å². The van der Waals surface area contributed by atoms with Gasteiger partial charge in [-0.25, -0.2) is 0 Å². The summed E-state index contributed by atoms with van der Waals surface area (Å²) in [6, 6.07) is 14.2. The summed E-state index contributed by atoms with van der Waals surface area (Å²) in [5.41, 5.74) is 2.05. The summed E-state index contributed by atoms with van der Waals surface area (Å²) in [6.07, 6.45) is 3.81. The Bertz CT molecular complexity index is 1010. The molecule has 8 nitrogen and oxygen atoms in total. The highest BCUT2D eigenvalue weighted by molar-refractivity contribution is 5.80. The number of hydrogen-bond acceptors (Lipinski definition) is 5. The van der Waals surface area contributed by atoms with Gasteiger partial charge in [-0.15, -0.1) is 10.2 Å². The number of rotatable bonds is 7. The number of aryl methyl sites for hydroxylation is 1. The normalized spacial score (nSPS) is 14.8. The molecule has 2 aromatic heterocycles. The van der Waals surface area contributed by atoms with Crippen LogP contribution in [-0.4, -0.2) is 71.8 Å². The number of nitrogens with zero attached hydrogens (tertiary/aromatic N) is 6. The fraction of sp³-hybridized carbons (Fsp3) is 0.435. The quantitative estimate of drug-likeness (QED) is 0.359. The highest BCUT2D eigenvalue weighted by Crippen LogP contribution is 2.28. The third-order valence-corrected chi connectivity index (χ3v) is 5.54. The van der Waals surface area contributed by atoms with Gasteiger partial charge in [0, 0.05) is 51.9 Å². The molecule has 0 radical (unpaired) electrons. The van der Waals surface area contributed by atoms with E-state index in [9.17, 15) is 0 Å². The van der Waals surface area contributed by atoms with Gasteiger partial charge in [-0.1, -0.05) is 18.2 Å². The third-order valence-electron chi connectivity index (χ3n) is 5.54. The Morgan fingerprint density at radius 1 is 1.06 bits per heavy atom. The fourth-order valence-corrected chi connectivity index (χ4v) is 3.96. The van der Waals surface area contributed by atoms with Crippen molar-refractivity contribution in [1.82, 2.24) is 24.8 Å². The van der Waals surface area contributed by atoms with Gasteiger partial charge >= 0.3 is 0 Å². The zero-order valence-corrected chi connectivity index (χ0v) is 18.4. The topological polar surface area (TPSA) is 70.3 Å². The molecule has 31 heavy (non-hydrogen) atoms. The van der Waals surface area contributed by atoms with Crippen molar-refractivity contribution < 1.29 is 4.74 Å². The number of pyridine rings is 1. The number of aromatic nitrogens is 3. The first-order valence-electron chi connectivity index (χ1n) is 11.0. The van der Waals surface area contributed by atoms with Crippen LogP contribution < -0.4 is 15.0 Å². The van der Waals surface area contributed by atoms with Crippen LogP contribution in [0.4, 0.5) is 5.69 Å². The minimum atomic E-state index is 0.761. The Labute approximate surface area is 183 Å². The van der Waals surface area contributed by atoms with Crippen LogP contribution in [0.2, 0.25) is 0 Å². The highest BCUT2D eigenvalue weighted by atomic mass is 16.5. The van der Waals surface area contributed by atoms with Crippen LogP contribution in [0, 0.1) is 0 Å². The van der Waals surface area contributed by atoms with E-state index in [0.717, 1.165) is 81.0 Å². The molecule has 0 amide bonds. The van der Waals surface area contributed by atoms with Crippen LogP contribution in [0.5, 0.6) is 5.75 Å². The van der Waals surface area contributed by atoms with Gasteiger partial charge in [-0.3, -0.25) is 9.39 Å². The van der Waals surface area contributed by atoms with Crippen molar-refractivity contribution in [2.75, 3.05) is 51.3 Å². The second-order valence-corrected chi connectivity index (χ2v) is 7.53. The van der Waals surface area contributed by atoms with E-state index in [0.29, 0.717) is 0 Å². The fourth-order valence-electron chi connectivity index (χ4n) is 3.96. The minimum Gasteiger partial charge on any atom is -0.495 e. The first-order valence-corrected chi connectivity index (χ1v) is 11.0. The second kappa shape index (κ2) is 10.1. The average molecular weight is 422 g/mol. The number of benzene rings is 1. The summed E-state index contributed by atoms with van der Waals surface area (Å²) >= 11 is 0. The maximum Gasteiger partial charge on any atom is 0.194 e. The predicted molar refractivity (Wildman–Crippen MR) is 124 cm³/mol. The van der Waals surface area contributed by atoms with Crippen molar-refractivity contribution in [3.63, 3.8) is 0 Å².